The fourth-order valence-corrected chi connectivity index (χ4v) is 3.91. The summed E-state index contributed by atoms with van der Waals surface area (Å²) in [6.07, 6.45) is 0.124. The highest BCUT2D eigenvalue weighted by Gasteiger charge is 2.22. The third-order valence-corrected chi connectivity index (χ3v) is 5.81. The summed E-state index contributed by atoms with van der Waals surface area (Å²) in [5, 5.41) is 5.31. The van der Waals surface area contributed by atoms with Crippen molar-refractivity contribution in [3.05, 3.63) is 59.7 Å². The Labute approximate surface area is 183 Å². The fourth-order valence-electron chi connectivity index (χ4n) is 2.71. The second-order valence-corrected chi connectivity index (χ2v) is 9.16. The van der Waals surface area contributed by atoms with Crippen LogP contribution in [-0.2, 0) is 37.5 Å². The molecule has 1 atom stereocenters. The number of amides is 2. The zero-order chi connectivity index (χ0) is 23.0. The number of nitrogens with one attached hydrogen (secondary N) is 3. The minimum absolute atomic E-state index is 0.000828. The van der Waals surface area contributed by atoms with Crippen molar-refractivity contribution in [1.29, 1.82) is 0 Å². The lowest BCUT2D eigenvalue weighted by Crippen LogP contribution is -2.44. The molecule has 31 heavy (non-hydrogen) atoms. The van der Waals surface area contributed by atoms with E-state index in [-0.39, 0.29) is 23.5 Å². The molecule has 3 N–H and O–H groups in total. The van der Waals surface area contributed by atoms with Gasteiger partial charge in [0.05, 0.1) is 23.6 Å². The molecule has 2 amide bonds. The average Bonchev–Trinajstić information content (AvgIpc) is 2.70. The first-order valence-electron chi connectivity index (χ1n) is 9.94. The predicted octanol–water partition coefficient (Wildman–Crippen LogP) is 2.55. The van der Waals surface area contributed by atoms with E-state index in [2.05, 4.69) is 15.4 Å². The van der Waals surface area contributed by atoms with Crippen molar-refractivity contribution in [2.24, 2.45) is 0 Å². The van der Waals surface area contributed by atoms with Crippen molar-refractivity contribution in [2.75, 3.05) is 5.32 Å². The summed E-state index contributed by atoms with van der Waals surface area (Å²) in [4.78, 5) is 23.5. The highest BCUT2D eigenvalue weighted by molar-refractivity contribution is 7.89. The van der Waals surface area contributed by atoms with Gasteiger partial charge in [-0.25, -0.2) is 8.42 Å². The molecule has 0 aliphatic heterocycles. The van der Waals surface area contributed by atoms with Crippen molar-refractivity contribution < 1.29 is 22.7 Å². The quantitative estimate of drug-likeness (QED) is 0.518. The standard InChI is InChI=1S/C22H29N3O5S/c1-15(2)30-14-19-7-5-6-18(12-19)13-23-22(27)16(3)25-31(28,29)21-10-8-20(9-11-21)24-17(4)26/h5-12,15-16,25H,13-14H2,1-4H3,(H,23,27)(H,24,26)/t16-/m0/s1. The molecule has 9 heteroatoms. The summed E-state index contributed by atoms with van der Waals surface area (Å²) in [5.74, 6) is -0.695. The number of hydrogen-bond acceptors (Lipinski definition) is 5. The van der Waals surface area contributed by atoms with Gasteiger partial charge in [-0.2, -0.15) is 4.72 Å². The summed E-state index contributed by atoms with van der Waals surface area (Å²) in [5.41, 5.74) is 2.37. The molecular weight excluding hydrogens is 418 g/mol. The van der Waals surface area contributed by atoms with E-state index >= 15 is 0 Å². The summed E-state index contributed by atoms with van der Waals surface area (Å²) in [6, 6.07) is 12.4. The van der Waals surface area contributed by atoms with Crippen LogP contribution in [0.5, 0.6) is 0 Å². The van der Waals surface area contributed by atoms with Crippen molar-refractivity contribution in [2.45, 2.75) is 57.9 Å². The van der Waals surface area contributed by atoms with Gasteiger partial charge in [0.1, 0.15) is 0 Å². The molecule has 2 aromatic rings. The average molecular weight is 448 g/mol. The molecule has 0 bridgehead atoms. The summed E-state index contributed by atoms with van der Waals surface area (Å²) in [7, 11) is -3.90. The Balaban J connectivity index is 1.93. The highest BCUT2D eigenvalue weighted by atomic mass is 32.2. The normalized spacial score (nSPS) is 12.4. The monoisotopic (exact) mass is 447 g/mol. The van der Waals surface area contributed by atoms with Crippen molar-refractivity contribution in [3.63, 3.8) is 0 Å². The van der Waals surface area contributed by atoms with Gasteiger partial charge in [-0.3, -0.25) is 9.59 Å². The van der Waals surface area contributed by atoms with Gasteiger partial charge in [0.15, 0.2) is 0 Å². The zero-order valence-corrected chi connectivity index (χ0v) is 19.0. The van der Waals surface area contributed by atoms with Gasteiger partial charge in [-0.05, 0) is 56.2 Å². The SMILES string of the molecule is CC(=O)Nc1ccc(S(=O)(=O)N[C@@H](C)C(=O)NCc2cccc(COC(C)C)c2)cc1. The Kier molecular flexibility index (Phi) is 8.73. The molecule has 0 radical (unpaired) electrons. The van der Waals surface area contributed by atoms with Crippen molar-refractivity contribution >= 4 is 27.5 Å². The lowest BCUT2D eigenvalue weighted by molar-refractivity contribution is -0.122. The van der Waals surface area contributed by atoms with Crippen LogP contribution in [0.2, 0.25) is 0 Å². The van der Waals surface area contributed by atoms with E-state index in [0.29, 0.717) is 12.3 Å². The third kappa shape index (κ3) is 8.12. The lowest BCUT2D eigenvalue weighted by atomic mass is 10.1. The summed E-state index contributed by atoms with van der Waals surface area (Å²) in [6.45, 7) is 7.52. The van der Waals surface area contributed by atoms with E-state index in [4.69, 9.17) is 4.74 Å². The van der Waals surface area contributed by atoms with Crippen LogP contribution >= 0.6 is 0 Å². The number of carbonyl (C=O) groups is 2. The second kappa shape index (κ2) is 11.0. The first-order chi connectivity index (χ1) is 14.6. The molecule has 0 aliphatic carbocycles. The van der Waals surface area contributed by atoms with Gasteiger partial charge >= 0.3 is 0 Å². The molecule has 0 unspecified atom stereocenters. The van der Waals surface area contributed by atoms with Gasteiger partial charge in [0.25, 0.3) is 0 Å². The summed E-state index contributed by atoms with van der Waals surface area (Å²) >= 11 is 0. The fraction of sp³-hybridized carbons (Fsp3) is 0.364. The first kappa shape index (κ1) is 24.5. The van der Waals surface area contributed by atoms with E-state index in [1.165, 1.54) is 38.1 Å². The molecule has 0 heterocycles. The predicted molar refractivity (Wildman–Crippen MR) is 119 cm³/mol. The van der Waals surface area contributed by atoms with E-state index in [1.807, 2.05) is 38.1 Å². The molecule has 2 rings (SSSR count). The molecule has 2 aromatic carbocycles. The Hall–Kier alpha value is -2.75. The smallest absolute Gasteiger partial charge is 0.241 e. The maximum atomic E-state index is 12.5. The maximum absolute atomic E-state index is 12.5. The highest BCUT2D eigenvalue weighted by Crippen LogP contribution is 2.14. The van der Waals surface area contributed by atoms with E-state index in [1.54, 1.807) is 0 Å². The molecule has 0 saturated carbocycles. The Morgan fingerprint density at radius 3 is 2.26 bits per heavy atom. The molecule has 0 saturated heterocycles. The number of anilines is 1. The van der Waals surface area contributed by atoms with E-state index in [0.717, 1.165) is 11.1 Å². The molecule has 8 nitrogen and oxygen atoms in total. The molecular formula is C22H29N3O5S. The van der Waals surface area contributed by atoms with E-state index in [9.17, 15) is 18.0 Å². The lowest BCUT2D eigenvalue weighted by Gasteiger charge is -2.15. The minimum atomic E-state index is -3.90. The van der Waals surface area contributed by atoms with Gasteiger partial charge < -0.3 is 15.4 Å². The van der Waals surface area contributed by atoms with Crippen LogP contribution in [0, 0.1) is 0 Å². The number of carbonyl (C=O) groups excluding carboxylic acids is 2. The largest absolute Gasteiger partial charge is 0.374 e. The maximum Gasteiger partial charge on any atom is 0.241 e. The van der Waals surface area contributed by atoms with Crippen molar-refractivity contribution in [3.8, 4) is 0 Å². The molecule has 0 aliphatic rings. The van der Waals surface area contributed by atoms with Crippen molar-refractivity contribution in [1.82, 2.24) is 10.0 Å². The topological polar surface area (TPSA) is 114 Å². The van der Waals surface area contributed by atoms with Crippen LogP contribution < -0.4 is 15.4 Å². The summed E-state index contributed by atoms with van der Waals surface area (Å²) < 4.78 is 33.0. The molecule has 0 spiro atoms. The Bertz CT molecular complexity index is 1000. The number of benzene rings is 2. The first-order valence-corrected chi connectivity index (χ1v) is 11.4. The van der Waals surface area contributed by atoms with E-state index < -0.39 is 22.0 Å². The Morgan fingerprint density at radius 1 is 1.00 bits per heavy atom. The van der Waals surface area contributed by atoms with Gasteiger partial charge in [0, 0.05) is 19.2 Å². The van der Waals surface area contributed by atoms with Gasteiger partial charge in [-0.15, -0.1) is 0 Å². The zero-order valence-electron chi connectivity index (χ0n) is 18.1. The number of ether oxygens (including phenoxy) is 1. The van der Waals surface area contributed by atoms with Crippen LogP contribution in [0.3, 0.4) is 0 Å². The van der Waals surface area contributed by atoms with Gasteiger partial charge in [0.2, 0.25) is 21.8 Å². The van der Waals surface area contributed by atoms with Crippen LogP contribution in [-0.4, -0.2) is 32.4 Å². The number of hydrogen-bond donors (Lipinski definition) is 3. The third-order valence-electron chi connectivity index (χ3n) is 4.25. The Morgan fingerprint density at radius 2 is 1.65 bits per heavy atom. The second-order valence-electron chi connectivity index (χ2n) is 7.45. The number of sulfonamides is 1. The molecule has 168 valence electrons. The van der Waals surface area contributed by atoms with Gasteiger partial charge in [-0.1, -0.05) is 24.3 Å². The van der Waals surface area contributed by atoms with Crippen LogP contribution in [0.1, 0.15) is 38.8 Å². The van der Waals surface area contributed by atoms with Crippen LogP contribution in [0.25, 0.3) is 0 Å². The molecule has 0 fully saturated rings. The number of rotatable bonds is 10. The van der Waals surface area contributed by atoms with Crippen LogP contribution in [0.4, 0.5) is 5.69 Å². The molecule has 0 aromatic heterocycles. The van der Waals surface area contributed by atoms with Crippen LogP contribution in [0.15, 0.2) is 53.4 Å². The minimum Gasteiger partial charge on any atom is -0.374 e.